The third-order valence-electron chi connectivity index (χ3n) is 5.93. The van der Waals surface area contributed by atoms with Crippen molar-refractivity contribution in [3.63, 3.8) is 0 Å². The minimum Gasteiger partial charge on any atom is -0.463 e. The molecule has 1 fully saturated rings. The molecule has 3 N–H and O–H groups in total. The molecule has 2 rings (SSSR count). The Bertz CT molecular complexity index is 841. The first-order valence-electron chi connectivity index (χ1n) is 12.0. The van der Waals surface area contributed by atoms with Crippen molar-refractivity contribution in [2.75, 3.05) is 6.61 Å². The average Bonchev–Trinajstić information content (AvgIpc) is 3.07. The Morgan fingerprint density at radius 1 is 1.03 bits per heavy atom. The summed E-state index contributed by atoms with van der Waals surface area (Å²) in [6.45, 7) is 1.90. The highest BCUT2D eigenvalue weighted by molar-refractivity contribution is 5.69. The summed E-state index contributed by atoms with van der Waals surface area (Å²) in [6.07, 6.45) is 8.20. The molecule has 0 saturated carbocycles. The fraction of sp³-hybridized carbons (Fsp3) is 0.783. The molecule has 1 aliphatic rings. The first kappa shape index (κ1) is 27.2. The second-order valence-corrected chi connectivity index (χ2v) is 8.66. The SMILES string of the molecule is CCCCCCCCCCCCCC(=O)OC[C@H]1O[C@@H](n2cc(F)c(=O)[nH]c2=O)[C@H](O)[C@@H]1O. The third-order valence-corrected chi connectivity index (χ3v) is 5.93. The van der Waals surface area contributed by atoms with Crippen molar-refractivity contribution in [1.29, 1.82) is 0 Å². The fourth-order valence-corrected chi connectivity index (χ4v) is 3.93. The number of carbonyl (C=O) groups is 1. The summed E-state index contributed by atoms with van der Waals surface area (Å²) in [7, 11) is 0. The van der Waals surface area contributed by atoms with Gasteiger partial charge in [0.15, 0.2) is 6.23 Å². The van der Waals surface area contributed by atoms with E-state index in [1.807, 2.05) is 0 Å². The summed E-state index contributed by atoms with van der Waals surface area (Å²) in [5.41, 5.74) is -2.19. The smallest absolute Gasteiger partial charge is 0.330 e. The maximum Gasteiger partial charge on any atom is 0.330 e. The number of H-pyrrole nitrogens is 1. The average molecular weight is 473 g/mol. The number of hydrogen-bond donors (Lipinski definition) is 3. The second kappa shape index (κ2) is 14.3. The van der Waals surface area contributed by atoms with Crippen LogP contribution in [0, 0.1) is 5.82 Å². The van der Waals surface area contributed by atoms with Gasteiger partial charge in [0, 0.05) is 6.42 Å². The van der Waals surface area contributed by atoms with Gasteiger partial charge in [0.2, 0.25) is 5.82 Å². The molecule has 2 heterocycles. The van der Waals surface area contributed by atoms with E-state index in [0.717, 1.165) is 19.3 Å². The lowest BCUT2D eigenvalue weighted by Gasteiger charge is -2.16. The maximum absolute atomic E-state index is 13.5. The van der Waals surface area contributed by atoms with E-state index in [2.05, 4.69) is 6.92 Å². The molecule has 0 aromatic carbocycles. The lowest BCUT2D eigenvalue weighted by molar-refractivity contribution is -0.150. The maximum atomic E-state index is 13.5. The van der Waals surface area contributed by atoms with Gasteiger partial charge in [-0.05, 0) is 6.42 Å². The van der Waals surface area contributed by atoms with Crippen LogP contribution in [0.4, 0.5) is 4.39 Å². The Kier molecular flexibility index (Phi) is 11.8. The molecule has 1 saturated heterocycles. The molecule has 0 radical (unpaired) electrons. The monoisotopic (exact) mass is 472 g/mol. The van der Waals surface area contributed by atoms with Crippen LogP contribution < -0.4 is 11.2 Å². The van der Waals surface area contributed by atoms with E-state index in [1.54, 1.807) is 4.98 Å². The normalized spacial score (nSPS) is 22.5. The summed E-state index contributed by atoms with van der Waals surface area (Å²) < 4.78 is 24.7. The van der Waals surface area contributed by atoms with Crippen molar-refractivity contribution in [1.82, 2.24) is 9.55 Å². The molecule has 0 spiro atoms. The number of aliphatic hydroxyl groups is 2. The van der Waals surface area contributed by atoms with Gasteiger partial charge in [0.25, 0.3) is 5.56 Å². The lowest BCUT2D eigenvalue weighted by Crippen LogP contribution is -2.38. The van der Waals surface area contributed by atoms with Crippen LogP contribution in [0.5, 0.6) is 0 Å². The Labute approximate surface area is 192 Å². The number of esters is 1. The highest BCUT2D eigenvalue weighted by Crippen LogP contribution is 2.28. The van der Waals surface area contributed by atoms with Crippen LogP contribution in [0.1, 0.15) is 90.2 Å². The van der Waals surface area contributed by atoms with Crippen LogP contribution in [-0.4, -0.2) is 50.7 Å². The standard InChI is InChI=1S/C23H37FN2O7/c1-2-3-4-5-6-7-8-9-10-11-12-13-18(27)32-15-17-19(28)20(29)22(33-17)26-14-16(24)21(30)25-23(26)31/h14,17,19-20,22,28-29H,2-13,15H2,1H3,(H,25,30,31)/t17-,19-,20-,22-/m1/s1. The van der Waals surface area contributed by atoms with Crippen LogP contribution in [0.25, 0.3) is 0 Å². The fourth-order valence-electron chi connectivity index (χ4n) is 3.93. The minimum absolute atomic E-state index is 0.246. The van der Waals surface area contributed by atoms with E-state index in [-0.39, 0.29) is 13.0 Å². The number of aliphatic hydroxyl groups excluding tert-OH is 2. The molecule has 188 valence electrons. The van der Waals surface area contributed by atoms with E-state index in [9.17, 15) is 29.0 Å². The van der Waals surface area contributed by atoms with Crippen LogP contribution in [0.3, 0.4) is 0 Å². The molecular weight excluding hydrogens is 435 g/mol. The summed E-state index contributed by atoms with van der Waals surface area (Å²) in [5, 5.41) is 20.3. The van der Waals surface area contributed by atoms with E-state index in [1.165, 1.54) is 44.9 Å². The predicted molar refractivity (Wildman–Crippen MR) is 119 cm³/mol. The molecular formula is C23H37FN2O7. The van der Waals surface area contributed by atoms with E-state index in [4.69, 9.17) is 9.47 Å². The van der Waals surface area contributed by atoms with Gasteiger partial charge in [0.1, 0.15) is 24.9 Å². The van der Waals surface area contributed by atoms with Crippen LogP contribution >= 0.6 is 0 Å². The largest absolute Gasteiger partial charge is 0.463 e. The summed E-state index contributed by atoms with van der Waals surface area (Å²) in [5.74, 6) is -1.67. The van der Waals surface area contributed by atoms with Gasteiger partial charge in [-0.25, -0.2) is 4.79 Å². The number of ether oxygens (including phenoxy) is 2. The van der Waals surface area contributed by atoms with E-state index < -0.39 is 47.6 Å². The second-order valence-electron chi connectivity index (χ2n) is 8.66. The zero-order valence-corrected chi connectivity index (χ0v) is 19.3. The number of nitrogens with one attached hydrogen (secondary N) is 1. The van der Waals surface area contributed by atoms with Crippen molar-refractivity contribution >= 4 is 5.97 Å². The molecule has 4 atom stereocenters. The first-order chi connectivity index (χ1) is 15.8. The van der Waals surface area contributed by atoms with Crippen molar-refractivity contribution < 1.29 is 28.9 Å². The molecule has 0 bridgehead atoms. The number of nitrogens with zero attached hydrogens (tertiary/aromatic N) is 1. The number of aromatic amines is 1. The number of rotatable bonds is 15. The van der Waals surface area contributed by atoms with Crippen molar-refractivity contribution in [3.8, 4) is 0 Å². The predicted octanol–water partition coefficient (Wildman–Crippen LogP) is 2.54. The molecule has 10 heteroatoms. The van der Waals surface area contributed by atoms with Gasteiger partial charge < -0.3 is 19.7 Å². The summed E-state index contributed by atoms with van der Waals surface area (Å²) in [4.78, 5) is 36.8. The first-order valence-corrected chi connectivity index (χ1v) is 12.0. The summed E-state index contributed by atoms with van der Waals surface area (Å²) in [6, 6.07) is 0. The third kappa shape index (κ3) is 8.68. The summed E-state index contributed by atoms with van der Waals surface area (Å²) >= 11 is 0. The molecule has 1 aliphatic heterocycles. The molecule has 9 nitrogen and oxygen atoms in total. The number of halogens is 1. The van der Waals surface area contributed by atoms with Gasteiger partial charge in [0.05, 0.1) is 6.20 Å². The van der Waals surface area contributed by atoms with E-state index in [0.29, 0.717) is 17.2 Å². The molecule has 0 amide bonds. The van der Waals surface area contributed by atoms with Gasteiger partial charge in [-0.3, -0.25) is 19.1 Å². The minimum atomic E-state index is -1.57. The Balaban J connectivity index is 1.63. The van der Waals surface area contributed by atoms with Crippen LogP contribution in [-0.2, 0) is 14.3 Å². The van der Waals surface area contributed by atoms with Crippen molar-refractivity contribution in [3.05, 3.63) is 32.9 Å². The molecule has 1 aromatic heterocycles. The van der Waals surface area contributed by atoms with E-state index >= 15 is 0 Å². The Morgan fingerprint density at radius 3 is 2.21 bits per heavy atom. The van der Waals surface area contributed by atoms with Gasteiger partial charge >= 0.3 is 11.7 Å². The van der Waals surface area contributed by atoms with Crippen LogP contribution in [0.15, 0.2) is 15.8 Å². The Morgan fingerprint density at radius 2 is 1.61 bits per heavy atom. The zero-order valence-electron chi connectivity index (χ0n) is 19.3. The number of hydrogen-bond acceptors (Lipinski definition) is 7. The number of aromatic nitrogens is 2. The Hall–Kier alpha value is -2.04. The quantitative estimate of drug-likeness (QED) is 0.264. The molecule has 1 aromatic rings. The topological polar surface area (TPSA) is 131 Å². The molecule has 0 unspecified atom stereocenters. The molecule has 33 heavy (non-hydrogen) atoms. The highest BCUT2D eigenvalue weighted by atomic mass is 19.1. The highest BCUT2D eigenvalue weighted by Gasteiger charge is 2.44. The lowest BCUT2D eigenvalue weighted by atomic mass is 10.1. The number of unbranched alkanes of at least 4 members (excludes halogenated alkanes) is 10. The van der Waals surface area contributed by atoms with Crippen LogP contribution in [0.2, 0.25) is 0 Å². The number of carbonyl (C=O) groups excluding carboxylic acids is 1. The van der Waals surface area contributed by atoms with Crippen molar-refractivity contribution in [2.45, 2.75) is 109 Å². The van der Waals surface area contributed by atoms with Gasteiger partial charge in [-0.2, -0.15) is 4.39 Å². The van der Waals surface area contributed by atoms with Gasteiger partial charge in [-0.15, -0.1) is 0 Å². The zero-order chi connectivity index (χ0) is 24.2. The van der Waals surface area contributed by atoms with Crippen molar-refractivity contribution in [2.24, 2.45) is 0 Å². The van der Waals surface area contributed by atoms with Gasteiger partial charge in [-0.1, -0.05) is 71.1 Å². The molecule has 0 aliphatic carbocycles.